The molecule has 0 amide bonds. The Morgan fingerprint density at radius 3 is 2.56 bits per heavy atom. The Balaban J connectivity index is 2.11. The molecule has 0 aliphatic heterocycles. The van der Waals surface area contributed by atoms with Crippen molar-refractivity contribution in [2.45, 2.75) is 6.54 Å². The lowest BCUT2D eigenvalue weighted by Gasteiger charge is -2.23. The number of nitrogens with one attached hydrogen (secondary N) is 1. The van der Waals surface area contributed by atoms with Crippen LogP contribution >= 0.6 is 0 Å². The molecule has 3 rings (SSSR count). The summed E-state index contributed by atoms with van der Waals surface area (Å²) in [7, 11) is 0. The number of nitrogens with zero attached hydrogens (tertiary/aromatic N) is 5. The number of hydrogen-bond acceptors (Lipinski definition) is 7. The predicted octanol–water partition coefficient (Wildman–Crippen LogP) is 3.72. The second kappa shape index (κ2) is 8.52. The monoisotopic (exact) mass is 362 g/mol. The molecule has 0 aliphatic rings. The van der Waals surface area contributed by atoms with E-state index in [2.05, 4.69) is 26.8 Å². The molecule has 0 radical (unpaired) electrons. The summed E-state index contributed by atoms with van der Waals surface area (Å²) >= 11 is 0. The highest BCUT2D eigenvalue weighted by atomic mass is 16.6. The van der Waals surface area contributed by atoms with Crippen LogP contribution in [0.2, 0.25) is 0 Å². The first-order valence-corrected chi connectivity index (χ1v) is 8.27. The second-order valence-corrected chi connectivity index (χ2v) is 5.58. The minimum atomic E-state index is -0.484. The van der Waals surface area contributed by atoms with Crippen LogP contribution in [0.3, 0.4) is 0 Å². The van der Waals surface area contributed by atoms with Crippen molar-refractivity contribution in [2.24, 2.45) is 0 Å². The first-order chi connectivity index (χ1) is 13.2. The number of aromatic nitrogens is 3. The Hall–Kier alpha value is -3.81. The number of nitro groups is 1. The Morgan fingerprint density at radius 2 is 1.89 bits per heavy atom. The van der Waals surface area contributed by atoms with Crippen molar-refractivity contribution in [3.05, 3.63) is 89.4 Å². The van der Waals surface area contributed by atoms with Gasteiger partial charge < -0.3 is 10.2 Å². The molecule has 2 heterocycles. The van der Waals surface area contributed by atoms with Gasteiger partial charge in [0.2, 0.25) is 11.6 Å². The Bertz CT molecular complexity index is 918. The molecule has 27 heavy (non-hydrogen) atoms. The molecule has 0 bridgehead atoms. The Labute approximate surface area is 156 Å². The molecule has 1 N–H and O–H groups in total. The molecule has 0 saturated carbocycles. The highest BCUT2D eigenvalue weighted by Crippen LogP contribution is 2.36. The van der Waals surface area contributed by atoms with Crippen molar-refractivity contribution in [3.8, 4) is 0 Å². The molecule has 0 saturated heterocycles. The van der Waals surface area contributed by atoms with Crippen LogP contribution in [0.15, 0.2) is 73.7 Å². The summed E-state index contributed by atoms with van der Waals surface area (Å²) in [6.07, 6.45) is 4.54. The fourth-order valence-electron chi connectivity index (χ4n) is 2.58. The first kappa shape index (κ1) is 18.0. The van der Waals surface area contributed by atoms with Gasteiger partial charge in [0.1, 0.15) is 12.1 Å². The molecule has 0 aliphatic carbocycles. The summed E-state index contributed by atoms with van der Waals surface area (Å²) in [5.74, 6) is 0.862. The number of anilines is 3. The lowest BCUT2D eigenvalue weighted by atomic mass is 10.2. The smallest absolute Gasteiger partial charge is 0.353 e. The fourth-order valence-corrected chi connectivity index (χ4v) is 2.58. The zero-order valence-corrected chi connectivity index (χ0v) is 14.5. The summed E-state index contributed by atoms with van der Waals surface area (Å²) in [5, 5.41) is 14.7. The van der Waals surface area contributed by atoms with E-state index in [1.807, 2.05) is 36.4 Å². The minimum absolute atomic E-state index is 0.138. The van der Waals surface area contributed by atoms with Crippen molar-refractivity contribution in [1.82, 2.24) is 15.0 Å². The van der Waals surface area contributed by atoms with Gasteiger partial charge in [-0.15, -0.1) is 6.58 Å². The van der Waals surface area contributed by atoms with Crippen molar-refractivity contribution in [2.75, 3.05) is 16.8 Å². The third-order valence-electron chi connectivity index (χ3n) is 3.76. The van der Waals surface area contributed by atoms with Crippen LogP contribution in [0, 0.1) is 10.1 Å². The maximum Gasteiger partial charge on any atom is 0.353 e. The fraction of sp³-hybridized carbons (Fsp3) is 0.105. The first-order valence-electron chi connectivity index (χ1n) is 8.27. The average molecular weight is 362 g/mol. The summed E-state index contributed by atoms with van der Waals surface area (Å²) in [6, 6.07) is 15.0. The van der Waals surface area contributed by atoms with E-state index >= 15 is 0 Å². The van der Waals surface area contributed by atoms with Gasteiger partial charge in [-0.25, -0.2) is 15.0 Å². The summed E-state index contributed by atoms with van der Waals surface area (Å²) in [6.45, 7) is 4.33. The van der Waals surface area contributed by atoms with E-state index in [1.54, 1.807) is 29.3 Å². The Kier molecular flexibility index (Phi) is 5.68. The molecule has 3 aromatic rings. The summed E-state index contributed by atoms with van der Waals surface area (Å²) < 4.78 is 0. The van der Waals surface area contributed by atoms with Crippen LogP contribution in [-0.4, -0.2) is 26.4 Å². The normalized spacial score (nSPS) is 10.2. The van der Waals surface area contributed by atoms with Crippen LogP contribution in [0.4, 0.5) is 23.1 Å². The van der Waals surface area contributed by atoms with Gasteiger partial charge in [-0.05, 0) is 17.7 Å². The van der Waals surface area contributed by atoms with Crippen molar-refractivity contribution in [3.63, 3.8) is 0 Å². The van der Waals surface area contributed by atoms with Gasteiger partial charge in [0, 0.05) is 12.7 Å². The highest BCUT2D eigenvalue weighted by Gasteiger charge is 2.28. The predicted molar refractivity (Wildman–Crippen MR) is 104 cm³/mol. The molecule has 0 fully saturated rings. The number of pyridine rings is 1. The summed E-state index contributed by atoms with van der Waals surface area (Å²) in [4.78, 5) is 25.6. The van der Waals surface area contributed by atoms with Crippen LogP contribution in [-0.2, 0) is 6.54 Å². The summed E-state index contributed by atoms with van der Waals surface area (Å²) in [5.41, 5.74) is 0.762. The van der Waals surface area contributed by atoms with E-state index in [0.717, 1.165) is 5.56 Å². The van der Waals surface area contributed by atoms with E-state index < -0.39 is 4.92 Å². The van der Waals surface area contributed by atoms with Gasteiger partial charge in [0.15, 0.2) is 0 Å². The lowest BCUT2D eigenvalue weighted by molar-refractivity contribution is -0.383. The van der Waals surface area contributed by atoms with E-state index in [-0.39, 0.29) is 17.3 Å². The van der Waals surface area contributed by atoms with Gasteiger partial charge in [-0.1, -0.05) is 42.5 Å². The van der Waals surface area contributed by atoms with Crippen LogP contribution < -0.4 is 10.2 Å². The second-order valence-electron chi connectivity index (χ2n) is 5.58. The molecule has 8 heteroatoms. The number of hydrogen-bond donors (Lipinski definition) is 1. The van der Waals surface area contributed by atoms with Crippen molar-refractivity contribution < 1.29 is 4.92 Å². The maximum absolute atomic E-state index is 11.8. The lowest BCUT2D eigenvalue weighted by Crippen LogP contribution is -2.21. The van der Waals surface area contributed by atoms with Gasteiger partial charge in [-0.2, -0.15) is 0 Å². The SMILES string of the molecule is C=CCNc1ncnc(N(Cc2ccccc2)c2ccccn2)c1[N+](=O)[O-]. The van der Waals surface area contributed by atoms with Gasteiger partial charge in [0.25, 0.3) is 0 Å². The molecule has 136 valence electrons. The third kappa shape index (κ3) is 4.24. The van der Waals surface area contributed by atoms with E-state index in [1.165, 1.54) is 6.33 Å². The van der Waals surface area contributed by atoms with Crippen molar-refractivity contribution in [1.29, 1.82) is 0 Å². The van der Waals surface area contributed by atoms with E-state index in [9.17, 15) is 10.1 Å². The molecular formula is C19H18N6O2. The van der Waals surface area contributed by atoms with Gasteiger partial charge in [-0.3, -0.25) is 10.1 Å². The van der Waals surface area contributed by atoms with Crippen LogP contribution in [0.1, 0.15) is 5.56 Å². The van der Waals surface area contributed by atoms with Gasteiger partial charge in [0.05, 0.1) is 11.5 Å². The standard InChI is InChI=1S/C19H18N6O2/c1-2-11-21-18-17(25(26)27)19(23-14-22-18)24(16-10-6-7-12-20-16)13-15-8-4-3-5-9-15/h2-10,12,14H,1,11,13H2,(H,21,22,23). The number of benzene rings is 1. The van der Waals surface area contributed by atoms with Crippen molar-refractivity contribution >= 4 is 23.1 Å². The highest BCUT2D eigenvalue weighted by molar-refractivity contribution is 5.74. The topological polar surface area (TPSA) is 97.1 Å². The minimum Gasteiger partial charge on any atom is -0.361 e. The number of rotatable bonds is 8. The molecule has 8 nitrogen and oxygen atoms in total. The van der Waals surface area contributed by atoms with Crippen LogP contribution in [0.5, 0.6) is 0 Å². The zero-order chi connectivity index (χ0) is 19.1. The maximum atomic E-state index is 11.8. The molecule has 1 aromatic carbocycles. The molecular weight excluding hydrogens is 344 g/mol. The molecule has 0 atom stereocenters. The molecule has 0 unspecified atom stereocenters. The molecule has 0 spiro atoms. The largest absolute Gasteiger partial charge is 0.361 e. The zero-order valence-electron chi connectivity index (χ0n) is 14.5. The van der Waals surface area contributed by atoms with Gasteiger partial charge >= 0.3 is 5.69 Å². The Morgan fingerprint density at radius 1 is 1.11 bits per heavy atom. The molecule has 2 aromatic heterocycles. The third-order valence-corrected chi connectivity index (χ3v) is 3.76. The van der Waals surface area contributed by atoms with E-state index in [0.29, 0.717) is 18.9 Å². The van der Waals surface area contributed by atoms with E-state index in [4.69, 9.17) is 0 Å². The average Bonchev–Trinajstić information content (AvgIpc) is 2.71. The van der Waals surface area contributed by atoms with Crippen LogP contribution in [0.25, 0.3) is 0 Å². The quantitative estimate of drug-likeness (QED) is 0.370.